The van der Waals surface area contributed by atoms with E-state index in [1.165, 1.54) is 0 Å². The minimum Gasteiger partial charge on any atom is -0.411 e. The predicted molar refractivity (Wildman–Crippen MR) is 54.1 cm³/mol. The monoisotopic (exact) mass is 176 g/mol. The molecule has 3 nitrogen and oxygen atoms in total. The lowest BCUT2D eigenvalue weighted by Gasteiger charge is -1.97. The molecule has 13 heavy (non-hydrogen) atoms. The van der Waals surface area contributed by atoms with Crippen LogP contribution in [0.15, 0.2) is 40.5 Å². The first kappa shape index (κ1) is 9.45. The topological polar surface area (TPSA) is 45.0 Å². The van der Waals surface area contributed by atoms with Gasteiger partial charge in [-0.25, -0.2) is 0 Å². The number of rotatable bonds is 2. The molecule has 0 aromatic heterocycles. The molecule has 0 spiro atoms. The van der Waals surface area contributed by atoms with E-state index in [1.54, 1.807) is 6.92 Å². The molecule has 1 aromatic carbocycles. The zero-order valence-electron chi connectivity index (χ0n) is 7.73. The van der Waals surface area contributed by atoms with Crippen molar-refractivity contribution in [2.75, 3.05) is 0 Å². The van der Waals surface area contributed by atoms with Gasteiger partial charge in [0.1, 0.15) is 0 Å². The molecule has 0 radical (unpaired) electrons. The van der Waals surface area contributed by atoms with Crippen molar-refractivity contribution in [3.63, 3.8) is 0 Å². The summed E-state index contributed by atoms with van der Waals surface area (Å²) in [4.78, 5) is 4.26. The molecule has 1 N–H and O–H groups in total. The number of para-hydroxylation sites is 1. The van der Waals surface area contributed by atoms with Crippen LogP contribution in [0.25, 0.3) is 0 Å². The van der Waals surface area contributed by atoms with E-state index in [0.29, 0.717) is 11.4 Å². The first-order chi connectivity index (χ1) is 6.24. The molecule has 0 aliphatic rings. The quantitative estimate of drug-likeness (QED) is 0.420. The first-order valence-electron chi connectivity index (χ1n) is 4.03. The van der Waals surface area contributed by atoms with Gasteiger partial charge in [0.05, 0.1) is 17.1 Å². The van der Waals surface area contributed by atoms with Crippen LogP contribution in [0.3, 0.4) is 0 Å². The number of aliphatic imine (C=N–C) groups is 1. The number of hydrogen-bond acceptors (Lipinski definition) is 3. The molecule has 0 saturated heterocycles. The second-order valence-electron chi connectivity index (χ2n) is 2.72. The number of oxime groups is 1. The molecule has 0 aliphatic carbocycles. The Balaban J connectivity index is 2.89. The van der Waals surface area contributed by atoms with Gasteiger partial charge in [0.15, 0.2) is 0 Å². The summed E-state index contributed by atoms with van der Waals surface area (Å²) in [5.74, 6) is 0. The summed E-state index contributed by atoms with van der Waals surface area (Å²) in [5, 5.41) is 11.6. The van der Waals surface area contributed by atoms with E-state index in [-0.39, 0.29) is 0 Å². The largest absolute Gasteiger partial charge is 0.411 e. The van der Waals surface area contributed by atoms with Crippen LogP contribution < -0.4 is 0 Å². The molecule has 0 atom stereocenters. The van der Waals surface area contributed by atoms with Gasteiger partial charge < -0.3 is 5.21 Å². The van der Waals surface area contributed by atoms with Gasteiger partial charge in [0, 0.05) is 0 Å². The number of benzene rings is 1. The van der Waals surface area contributed by atoms with Gasteiger partial charge in [-0.15, -0.1) is 0 Å². The Labute approximate surface area is 77.4 Å². The first-order valence-corrected chi connectivity index (χ1v) is 4.03. The molecule has 0 saturated carbocycles. The van der Waals surface area contributed by atoms with Gasteiger partial charge in [0.25, 0.3) is 0 Å². The highest BCUT2D eigenvalue weighted by molar-refractivity contribution is 6.40. The molecule has 1 rings (SSSR count). The van der Waals surface area contributed by atoms with Crippen molar-refractivity contribution in [3.05, 3.63) is 30.3 Å². The number of nitrogens with zero attached hydrogens (tertiary/aromatic N) is 2. The van der Waals surface area contributed by atoms with E-state index in [9.17, 15) is 0 Å². The van der Waals surface area contributed by atoms with Crippen LogP contribution in [0, 0.1) is 0 Å². The Morgan fingerprint density at radius 2 is 1.69 bits per heavy atom. The van der Waals surface area contributed by atoms with Crippen LogP contribution in [-0.4, -0.2) is 16.6 Å². The summed E-state index contributed by atoms with van der Waals surface area (Å²) in [6, 6.07) is 9.55. The summed E-state index contributed by atoms with van der Waals surface area (Å²) >= 11 is 0. The zero-order chi connectivity index (χ0) is 9.68. The lowest BCUT2D eigenvalue weighted by Crippen LogP contribution is -2.04. The highest BCUT2D eigenvalue weighted by atomic mass is 16.4. The fourth-order valence-corrected chi connectivity index (χ4v) is 0.849. The van der Waals surface area contributed by atoms with Gasteiger partial charge in [0.2, 0.25) is 0 Å². The third kappa shape index (κ3) is 2.71. The summed E-state index contributed by atoms with van der Waals surface area (Å²) < 4.78 is 0. The van der Waals surface area contributed by atoms with Gasteiger partial charge in [-0.05, 0) is 26.0 Å². The van der Waals surface area contributed by atoms with E-state index >= 15 is 0 Å². The van der Waals surface area contributed by atoms with Crippen LogP contribution in [0.2, 0.25) is 0 Å². The average molecular weight is 176 g/mol. The molecule has 0 unspecified atom stereocenters. The van der Waals surface area contributed by atoms with E-state index in [4.69, 9.17) is 5.21 Å². The molecular formula is C10H12N2O. The Bertz CT molecular complexity index is 328. The molecule has 0 bridgehead atoms. The molecule has 1 aromatic rings. The molecule has 0 heterocycles. The minimum atomic E-state index is 0.531. The Morgan fingerprint density at radius 3 is 2.23 bits per heavy atom. The molecule has 0 fully saturated rings. The summed E-state index contributed by atoms with van der Waals surface area (Å²) in [6.45, 7) is 3.52. The molecule has 3 heteroatoms. The smallest absolute Gasteiger partial charge is 0.0976 e. The summed E-state index contributed by atoms with van der Waals surface area (Å²) in [6.07, 6.45) is 0. The van der Waals surface area contributed by atoms with Crippen LogP contribution in [0.4, 0.5) is 5.69 Å². The molecule has 68 valence electrons. The molecule has 0 amide bonds. The van der Waals surface area contributed by atoms with Crippen molar-refractivity contribution in [2.24, 2.45) is 10.1 Å². The van der Waals surface area contributed by atoms with E-state index in [2.05, 4.69) is 10.1 Å². The fourth-order valence-electron chi connectivity index (χ4n) is 0.849. The second-order valence-corrected chi connectivity index (χ2v) is 2.72. The Kier molecular flexibility index (Phi) is 3.20. The Morgan fingerprint density at radius 1 is 1.08 bits per heavy atom. The second kappa shape index (κ2) is 4.40. The van der Waals surface area contributed by atoms with E-state index < -0.39 is 0 Å². The maximum Gasteiger partial charge on any atom is 0.0976 e. The highest BCUT2D eigenvalue weighted by Gasteiger charge is 1.96. The maximum absolute atomic E-state index is 8.49. The molecular weight excluding hydrogens is 164 g/mol. The van der Waals surface area contributed by atoms with Gasteiger partial charge in [-0.1, -0.05) is 23.4 Å². The SMILES string of the molecule is CC(=N/O)/C(C)=N\c1ccccc1. The highest BCUT2D eigenvalue weighted by Crippen LogP contribution is 2.10. The van der Waals surface area contributed by atoms with E-state index in [1.807, 2.05) is 37.3 Å². The Hall–Kier alpha value is -1.64. The normalized spacial score (nSPS) is 13.1. The standard InChI is InChI=1S/C10H12N2O/c1-8(9(2)12-13)11-10-6-4-3-5-7-10/h3-7,13H,1-2H3/b11-8-,12-9-. The average Bonchev–Trinajstić information content (AvgIpc) is 2.18. The van der Waals surface area contributed by atoms with Gasteiger partial charge >= 0.3 is 0 Å². The van der Waals surface area contributed by atoms with Crippen LogP contribution >= 0.6 is 0 Å². The van der Waals surface area contributed by atoms with Crippen molar-refractivity contribution < 1.29 is 5.21 Å². The third-order valence-corrected chi connectivity index (χ3v) is 1.73. The minimum absolute atomic E-state index is 0.531. The molecule has 0 aliphatic heterocycles. The summed E-state index contributed by atoms with van der Waals surface area (Å²) in [7, 11) is 0. The predicted octanol–water partition coefficient (Wildman–Crippen LogP) is 2.63. The van der Waals surface area contributed by atoms with E-state index in [0.717, 1.165) is 5.69 Å². The fraction of sp³-hybridized carbons (Fsp3) is 0.200. The van der Waals surface area contributed by atoms with Gasteiger partial charge in [-0.2, -0.15) is 0 Å². The van der Waals surface area contributed by atoms with Crippen molar-refractivity contribution in [3.8, 4) is 0 Å². The van der Waals surface area contributed by atoms with Crippen molar-refractivity contribution in [1.82, 2.24) is 0 Å². The third-order valence-electron chi connectivity index (χ3n) is 1.73. The van der Waals surface area contributed by atoms with Crippen LogP contribution in [-0.2, 0) is 0 Å². The van der Waals surface area contributed by atoms with Crippen molar-refractivity contribution in [1.29, 1.82) is 0 Å². The number of hydrogen-bond donors (Lipinski definition) is 1. The lowest BCUT2D eigenvalue weighted by atomic mass is 10.2. The van der Waals surface area contributed by atoms with Crippen LogP contribution in [0.1, 0.15) is 13.8 Å². The van der Waals surface area contributed by atoms with Crippen molar-refractivity contribution in [2.45, 2.75) is 13.8 Å². The van der Waals surface area contributed by atoms with Gasteiger partial charge in [-0.3, -0.25) is 4.99 Å². The maximum atomic E-state index is 8.49. The lowest BCUT2D eigenvalue weighted by molar-refractivity contribution is 0.320. The zero-order valence-corrected chi connectivity index (χ0v) is 7.73. The van der Waals surface area contributed by atoms with Crippen molar-refractivity contribution >= 4 is 17.1 Å². The van der Waals surface area contributed by atoms with Crippen LogP contribution in [0.5, 0.6) is 0 Å². The summed E-state index contributed by atoms with van der Waals surface area (Å²) in [5.41, 5.74) is 2.11.